The second kappa shape index (κ2) is 11.8. The molecule has 4 rings (SSSR count). The van der Waals surface area contributed by atoms with Gasteiger partial charge in [-0.25, -0.2) is 0 Å². The van der Waals surface area contributed by atoms with Crippen LogP contribution in [0.4, 0.5) is 0 Å². The molecule has 1 unspecified atom stereocenters. The summed E-state index contributed by atoms with van der Waals surface area (Å²) in [4.78, 5) is 0. The molecule has 0 spiro atoms. The van der Waals surface area contributed by atoms with Crippen molar-refractivity contribution in [2.75, 3.05) is 0 Å². The zero-order chi connectivity index (χ0) is 18.8. The van der Waals surface area contributed by atoms with E-state index in [0.717, 1.165) is 12.3 Å². The summed E-state index contributed by atoms with van der Waals surface area (Å²) >= 11 is 9.00. The maximum Gasteiger partial charge on any atom is 0.00604 e. The predicted molar refractivity (Wildman–Crippen MR) is 123 cm³/mol. The molecule has 0 nitrogen and oxygen atoms in total. The van der Waals surface area contributed by atoms with Crippen molar-refractivity contribution in [1.29, 1.82) is 0 Å². The molecule has 0 bridgehead atoms. The van der Waals surface area contributed by atoms with Crippen LogP contribution in [0.1, 0.15) is 68.6 Å². The Balaban J connectivity index is 0.000000173. The molecule has 0 heterocycles. The van der Waals surface area contributed by atoms with Crippen LogP contribution in [0.3, 0.4) is 0 Å². The molecule has 1 atom stereocenters. The zero-order valence-corrected chi connectivity index (χ0v) is 18.1. The molecule has 1 fully saturated rings. The summed E-state index contributed by atoms with van der Waals surface area (Å²) < 4.78 is 0. The van der Waals surface area contributed by atoms with Crippen LogP contribution >= 0.6 is 25.3 Å². The van der Waals surface area contributed by atoms with E-state index in [4.69, 9.17) is 0 Å². The topological polar surface area (TPSA) is 0 Å². The third-order valence-corrected chi connectivity index (χ3v) is 6.25. The van der Waals surface area contributed by atoms with E-state index >= 15 is 0 Å². The molecule has 2 heteroatoms. The summed E-state index contributed by atoms with van der Waals surface area (Å²) in [5.74, 6) is 0.796. The van der Waals surface area contributed by atoms with Gasteiger partial charge in [0, 0.05) is 10.5 Å². The summed E-state index contributed by atoms with van der Waals surface area (Å²) in [7, 11) is 0. The molecule has 0 saturated heterocycles. The molecule has 0 radical (unpaired) electrons. The number of thiol groups is 2. The van der Waals surface area contributed by atoms with Crippen molar-refractivity contribution in [3.05, 3.63) is 71.3 Å². The van der Waals surface area contributed by atoms with E-state index in [1.165, 1.54) is 55.2 Å². The molecule has 0 aromatic heterocycles. The second-order valence-corrected chi connectivity index (χ2v) is 8.54. The van der Waals surface area contributed by atoms with Crippen LogP contribution in [-0.2, 0) is 12.8 Å². The van der Waals surface area contributed by atoms with Crippen LogP contribution in [-0.4, -0.2) is 10.5 Å². The van der Waals surface area contributed by atoms with Gasteiger partial charge >= 0.3 is 0 Å². The van der Waals surface area contributed by atoms with Crippen molar-refractivity contribution in [2.24, 2.45) is 0 Å². The molecular weight excluding hydrogens is 352 g/mol. The van der Waals surface area contributed by atoms with Gasteiger partial charge in [-0.15, -0.1) is 0 Å². The largest absolute Gasteiger partial charge is 0.176 e. The van der Waals surface area contributed by atoms with Crippen LogP contribution in [0.5, 0.6) is 0 Å². The lowest BCUT2D eigenvalue weighted by molar-refractivity contribution is 0.454. The minimum atomic E-state index is 0.588. The molecule has 2 aliphatic carbocycles. The van der Waals surface area contributed by atoms with Crippen molar-refractivity contribution in [1.82, 2.24) is 0 Å². The van der Waals surface area contributed by atoms with Gasteiger partial charge in [-0.05, 0) is 67.6 Å². The highest BCUT2D eigenvalue weighted by atomic mass is 32.1. The first kappa shape index (κ1) is 21.4. The minimum absolute atomic E-state index is 0.588. The molecule has 2 aliphatic rings. The fraction of sp³-hybridized carbons (Fsp3) is 0.500. The Hall–Kier alpha value is -0.860. The SMILES string of the molecule is CC.SC1CCC(c2ccccc2)CC1.SC1CCc2ccccc2C1. The van der Waals surface area contributed by atoms with Crippen LogP contribution in [0, 0.1) is 0 Å². The molecular formula is C24H34S2. The van der Waals surface area contributed by atoms with Gasteiger partial charge in [0.2, 0.25) is 0 Å². The highest BCUT2D eigenvalue weighted by Crippen LogP contribution is 2.34. The molecule has 2 aromatic carbocycles. The lowest BCUT2D eigenvalue weighted by Crippen LogP contribution is -2.13. The maximum atomic E-state index is 4.51. The van der Waals surface area contributed by atoms with E-state index in [1.54, 1.807) is 0 Å². The Morgan fingerprint density at radius 3 is 1.88 bits per heavy atom. The highest BCUT2D eigenvalue weighted by molar-refractivity contribution is 7.81. The van der Waals surface area contributed by atoms with Gasteiger partial charge in [-0.3, -0.25) is 0 Å². The first-order valence-corrected chi connectivity index (χ1v) is 11.2. The van der Waals surface area contributed by atoms with Gasteiger partial charge in [0.25, 0.3) is 0 Å². The van der Waals surface area contributed by atoms with Gasteiger partial charge in [0.05, 0.1) is 0 Å². The summed E-state index contributed by atoms with van der Waals surface area (Å²) in [6.45, 7) is 4.00. The average Bonchev–Trinajstić information content (AvgIpc) is 2.71. The Labute approximate surface area is 171 Å². The second-order valence-electron chi connectivity index (χ2n) is 7.08. The summed E-state index contributed by atoms with van der Waals surface area (Å²) in [5, 5.41) is 1.24. The molecule has 0 amide bonds. The lowest BCUT2D eigenvalue weighted by Gasteiger charge is -2.25. The van der Waals surface area contributed by atoms with Crippen molar-refractivity contribution in [3.8, 4) is 0 Å². The first-order valence-electron chi connectivity index (χ1n) is 10.2. The van der Waals surface area contributed by atoms with Crippen LogP contribution in [0.25, 0.3) is 0 Å². The molecule has 1 saturated carbocycles. The monoisotopic (exact) mass is 386 g/mol. The van der Waals surface area contributed by atoms with Gasteiger partial charge in [0.15, 0.2) is 0 Å². The number of aryl methyl sites for hydroxylation is 1. The van der Waals surface area contributed by atoms with Crippen molar-refractivity contribution >= 4 is 25.3 Å². The van der Waals surface area contributed by atoms with Crippen molar-refractivity contribution in [2.45, 2.75) is 75.2 Å². The highest BCUT2D eigenvalue weighted by Gasteiger charge is 2.19. The third-order valence-electron chi connectivity index (χ3n) is 5.29. The smallest absolute Gasteiger partial charge is 0.00604 e. The molecule has 0 aliphatic heterocycles. The number of hydrogen-bond donors (Lipinski definition) is 2. The van der Waals surface area contributed by atoms with Gasteiger partial charge in [0.1, 0.15) is 0 Å². The average molecular weight is 387 g/mol. The van der Waals surface area contributed by atoms with E-state index < -0.39 is 0 Å². The number of rotatable bonds is 1. The van der Waals surface area contributed by atoms with Crippen LogP contribution < -0.4 is 0 Å². The predicted octanol–water partition coefficient (Wildman–Crippen LogP) is 7.14. The Bertz CT molecular complexity index is 615. The van der Waals surface area contributed by atoms with E-state index in [9.17, 15) is 0 Å². The van der Waals surface area contributed by atoms with E-state index in [1.807, 2.05) is 13.8 Å². The Kier molecular flexibility index (Phi) is 9.71. The maximum absolute atomic E-state index is 4.51. The van der Waals surface area contributed by atoms with Crippen molar-refractivity contribution in [3.63, 3.8) is 0 Å². The van der Waals surface area contributed by atoms with Gasteiger partial charge < -0.3 is 0 Å². The Morgan fingerprint density at radius 1 is 0.654 bits per heavy atom. The van der Waals surface area contributed by atoms with Crippen LogP contribution in [0.2, 0.25) is 0 Å². The minimum Gasteiger partial charge on any atom is -0.176 e. The lowest BCUT2D eigenvalue weighted by atomic mass is 9.84. The van der Waals surface area contributed by atoms with E-state index in [-0.39, 0.29) is 0 Å². The Morgan fingerprint density at radius 2 is 1.23 bits per heavy atom. The summed E-state index contributed by atoms with van der Waals surface area (Å²) in [6, 6.07) is 19.6. The van der Waals surface area contributed by atoms with E-state index in [0.29, 0.717) is 10.5 Å². The molecule has 0 N–H and O–H groups in total. The standard InChI is InChI=1S/C12H16S.C10H12S.C2H6/c13-12-8-6-11(7-9-12)10-4-2-1-3-5-10;11-10-6-5-8-3-1-2-4-9(8)7-10;1-2/h1-5,11-13H,6-9H2;1-4,10-11H,5-7H2;1-2H3. The first-order chi connectivity index (χ1) is 12.7. The number of fused-ring (bicyclic) bond motifs is 1. The van der Waals surface area contributed by atoms with Gasteiger partial charge in [-0.1, -0.05) is 68.4 Å². The molecule has 2 aromatic rings. The third kappa shape index (κ3) is 6.70. The van der Waals surface area contributed by atoms with Crippen LogP contribution in [0.15, 0.2) is 54.6 Å². The summed E-state index contributed by atoms with van der Waals surface area (Å²) in [6.07, 6.45) is 8.80. The number of benzene rings is 2. The summed E-state index contributed by atoms with van der Waals surface area (Å²) in [5.41, 5.74) is 4.54. The number of hydrogen-bond acceptors (Lipinski definition) is 2. The molecule has 26 heavy (non-hydrogen) atoms. The van der Waals surface area contributed by atoms with E-state index in [2.05, 4.69) is 79.9 Å². The van der Waals surface area contributed by atoms with Gasteiger partial charge in [-0.2, -0.15) is 25.3 Å². The fourth-order valence-corrected chi connectivity index (χ4v) is 4.44. The van der Waals surface area contributed by atoms with Crippen molar-refractivity contribution < 1.29 is 0 Å². The molecule has 142 valence electrons. The normalized spacial score (nSPS) is 24.2. The quantitative estimate of drug-likeness (QED) is 0.478. The zero-order valence-electron chi connectivity index (χ0n) is 16.3. The fourth-order valence-electron chi connectivity index (χ4n) is 3.81.